The monoisotopic (exact) mass is 241 g/mol. The summed E-state index contributed by atoms with van der Waals surface area (Å²) in [4.78, 5) is 2.04. The normalized spacial score (nSPS) is 19.9. The molecular formula is C12H23N3S. The largest absolute Gasteiger partial charge is 0.351 e. The van der Waals surface area contributed by atoms with Crippen molar-refractivity contribution in [2.45, 2.75) is 45.1 Å². The van der Waals surface area contributed by atoms with Gasteiger partial charge in [0, 0.05) is 18.8 Å². The summed E-state index contributed by atoms with van der Waals surface area (Å²) in [5.74, 6) is 0.687. The number of hydrogen-bond donors (Lipinski definition) is 2. The van der Waals surface area contributed by atoms with Gasteiger partial charge in [-0.1, -0.05) is 31.4 Å². The van der Waals surface area contributed by atoms with E-state index in [0.717, 1.165) is 0 Å². The van der Waals surface area contributed by atoms with Gasteiger partial charge in [0.15, 0.2) is 5.17 Å². The Bertz CT molecular complexity index is 280. The van der Waals surface area contributed by atoms with Crippen molar-refractivity contribution in [2.75, 3.05) is 12.8 Å². The molecule has 16 heavy (non-hydrogen) atoms. The molecule has 1 saturated carbocycles. The fourth-order valence-electron chi connectivity index (χ4n) is 2.08. The second-order valence-corrected chi connectivity index (χ2v) is 5.84. The average Bonchev–Trinajstić information content (AvgIpc) is 2.35. The summed E-state index contributed by atoms with van der Waals surface area (Å²) in [5, 5.41) is 8.54. The molecule has 2 N–H and O–H groups in total. The van der Waals surface area contributed by atoms with E-state index in [2.05, 4.69) is 0 Å². The number of hydrogen-bond acceptors (Lipinski definition) is 2. The molecule has 0 aromatic heterocycles. The first kappa shape index (κ1) is 13.4. The molecule has 0 heterocycles. The third kappa shape index (κ3) is 3.74. The van der Waals surface area contributed by atoms with Gasteiger partial charge in [0.2, 0.25) is 0 Å². The summed E-state index contributed by atoms with van der Waals surface area (Å²) in [6, 6.07) is 0.507. The molecule has 1 rings (SSSR count). The molecule has 0 aromatic rings. The second kappa shape index (κ2) is 6.84. The summed E-state index contributed by atoms with van der Waals surface area (Å²) in [5.41, 5.74) is 0. The van der Waals surface area contributed by atoms with Crippen molar-refractivity contribution in [3.63, 3.8) is 0 Å². The molecule has 1 atom stereocenters. The van der Waals surface area contributed by atoms with Gasteiger partial charge < -0.3 is 4.90 Å². The van der Waals surface area contributed by atoms with Gasteiger partial charge in [-0.15, -0.1) is 0 Å². The first-order valence-electron chi connectivity index (χ1n) is 6.01. The van der Waals surface area contributed by atoms with Crippen LogP contribution in [0.3, 0.4) is 0 Å². The molecule has 3 nitrogen and oxygen atoms in total. The molecule has 1 aliphatic carbocycles. The zero-order valence-corrected chi connectivity index (χ0v) is 11.1. The molecule has 4 heteroatoms. The minimum absolute atomic E-state index is 0.505. The van der Waals surface area contributed by atoms with Crippen molar-refractivity contribution in [3.05, 3.63) is 12.2 Å². The Kier molecular flexibility index (Phi) is 5.74. The SMILES string of the molecule is CC=CCS(=N)C(=N)N(C)C1CCCCC1. The summed E-state index contributed by atoms with van der Waals surface area (Å²) >= 11 is 0. The van der Waals surface area contributed by atoms with Gasteiger partial charge in [0.1, 0.15) is 0 Å². The van der Waals surface area contributed by atoms with E-state index in [1.807, 2.05) is 31.0 Å². The molecule has 0 saturated heterocycles. The Balaban J connectivity index is 2.48. The first-order chi connectivity index (χ1) is 7.66. The molecule has 0 aromatic carbocycles. The lowest BCUT2D eigenvalue weighted by atomic mass is 9.95. The van der Waals surface area contributed by atoms with E-state index >= 15 is 0 Å². The fraction of sp³-hybridized carbons (Fsp3) is 0.750. The molecule has 0 aliphatic heterocycles. The maximum absolute atomic E-state index is 8.03. The third-order valence-electron chi connectivity index (χ3n) is 3.17. The predicted octanol–water partition coefficient (Wildman–Crippen LogP) is 3.14. The molecule has 1 aliphatic rings. The van der Waals surface area contributed by atoms with Crippen LogP contribution >= 0.6 is 0 Å². The van der Waals surface area contributed by atoms with Crippen LogP contribution in [0.25, 0.3) is 0 Å². The molecule has 1 unspecified atom stereocenters. The first-order valence-corrected chi connectivity index (χ1v) is 7.41. The standard InChI is InChI=1S/C12H23N3S/c1-3-4-10-16(14)12(13)15(2)11-8-6-5-7-9-11/h3-4,11,13-14H,5-10H2,1-2H3. The van der Waals surface area contributed by atoms with Crippen LogP contribution in [0.4, 0.5) is 0 Å². The highest BCUT2D eigenvalue weighted by Crippen LogP contribution is 2.22. The van der Waals surface area contributed by atoms with Crippen molar-refractivity contribution in [2.24, 2.45) is 0 Å². The lowest BCUT2D eigenvalue weighted by Gasteiger charge is -2.33. The van der Waals surface area contributed by atoms with Gasteiger partial charge in [-0.25, -0.2) is 0 Å². The third-order valence-corrected chi connectivity index (χ3v) is 4.46. The van der Waals surface area contributed by atoms with Crippen LogP contribution in [-0.4, -0.2) is 28.9 Å². The Morgan fingerprint density at radius 2 is 2.00 bits per heavy atom. The van der Waals surface area contributed by atoms with E-state index in [1.54, 1.807) is 0 Å². The van der Waals surface area contributed by atoms with Crippen molar-refractivity contribution in [3.8, 4) is 0 Å². The Morgan fingerprint density at radius 1 is 1.38 bits per heavy atom. The van der Waals surface area contributed by atoms with Gasteiger partial charge in [0.25, 0.3) is 0 Å². The zero-order valence-electron chi connectivity index (χ0n) is 10.3. The summed E-state index contributed by atoms with van der Waals surface area (Å²) in [6.45, 7) is 1.96. The number of nitrogens with one attached hydrogen (secondary N) is 2. The number of amidine groups is 1. The van der Waals surface area contributed by atoms with Crippen molar-refractivity contribution in [1.82, 2.24) is 4.90 Å². The lowest BCUT2D eigenvalue weighted by molar-refractivity contribution is 0.281. The van der Waals surface area contributed by atoms with Crippen LogP contribution in [0.2, 0.25) is 0 Å². The summed E-state index contributed by atoms with van der Waals surface area (Å²) < 4.78 is 7.94. The highest BCUT2D eigenvalue weighted by Gasteiger charge is 2.21. The average molecular weight is 241 g/mol. The topological polar surface area (TPSA) is 50.9 Å². The minimum Gasteiger partial charge on any atom is -0.351 e. The van der Waals surface area contributed by atoms with Gasteiger partial charge >= 0.3 is 0 Å². The smallest absolute Gasteiger partial charge is 0.167 e. The number of allylic oxidation sites excluding steroid dienone is 1. The molecular weight excluding hydrogens is 218 g/mol. The van der Waals surface area contributed by atoms with Gasteiger partial charge in [-0.2, -0.15) is 0 Å². The molecule has 0 amide bonds. The van der Waals surface area contributed by atoms with Crippen molar-refractivity contribution in [1.29, 1.82) is 10.2 Å². The number of rotatable bonds is 3. The Hall–Kier alpha value is -0.640. The molecule has 0 spiro atoms. The van der Waals surface area contributed by atoms with Gasteiger partial charge in [-0.05, 0) is 30.5 Å². The van der Waals surface area contributed by atoms with E-state index in [0.29, 0.717) is 17.0 Å². The van der Waals surface area contributed by atoms with E-state index in [1.165, 1.54) is 32.1 Å². The quantitative estimate of drug-likeness (QED) is 0.445. The maximum atomic E-state index is 8.03. The Labute approximate surface area is 101 Å². The fourth-order valence-corrected chi connectivity index (χ4v) is 3.12. The molecule has 1 fully saturated rings. The van der Waals surface area contributed by atoms with Crippen LogP contribution in [0, 0.1) is 10.2 Å². The molecule has 0 radical (unpaired) electrons. The van der Waals surface area contributed by atoms with Crippen molar-refractivity contribution >= 4 is 15.9 Å². The van der Waals surface area contributed by atoms with Crippen LogP contribution in [-0.2, 0) is 10.7 Å². The van der Waals surface area contributed by atoms with Crippen LogP contribution < -0.4 is 0 Å². The molecule has 92 valence electrons. The van der Waals surface area contributed by atoms with E-state index in [4.69, 9.17) is 10.2 Å². The minimum atomic E-state index is -0.674. The van der Waals surface area contributed by atoms with E-state index < -0.39 is 10.7 Å². The van der Waals surface area contributed by atoms with Crippen molar-refractivity contribution < 1.29 is 0 Å². The van der Waals surface area contributed by atoms with Crippen LogP contribution in [0.5, 0.6) is 0 Å². The second-order valence-electron chi connectivity index (χ2n) is 4.33. The van der Waals surface area contributed by atoms with Crippen LogP contribution in [0.15, 0.2) is 12.2 Å². The summed E-state index contributed by atoms with van der Waals surface area (Å²) in [7, 11) is 1.31. The molecule has 0 bridgehead atoms. The van der Waals surface area contributed by atoms with Gasteiger partial charge in [0.05, 0.1) is 0 Å². The lowest BCUT2D eigenvalue weighted by Crippen LogP contribution is -2.39. The Morgan fingerprint density at radius 3 is 2.56 bits per heavy atom. The predicted molar refractivity (Wildman–Crippen MR) is 72.1 cm³/mol. The maximum Gasteiger partial charge on any atom is 0.167 e. The van der Waals surface area contributed by atoms with E-state index in [-0.39, 0.29) is 0 Å². The van der Waals surface area contributed by atoms with Crippen LogP contribution in [0.1, 0.15) is 39.0 Å². The van der Waals surface area contributed by atoms with E-state index in [9.17, 15) is 0 Å². The zero-order chi connectivity index (χ0) is 12.0. The highest BCUT2D eigenvalue weighted by molar-refractivity contribution is 8.01. The number of nitrogens with zero attached hydrogens (tertiary/aromatic N) is 1. The van der Waals surface area contributed by atoms with Gasteiger partial charge in [-0.3, -0.25) is 10.2 Å². The summed E-state index contributed by atoms with van der Waals surface area (Å²) in [6.07, 6.45) is 10.2. The highest BCUT2D eigenvalue weighted by atomic mass is 32.2.